The van der Waals surface area contributed by atoms with Crippen LogP contribution in [0.15, 0.2) is 18.2 Å². The molecule has 5 nitrogen and oxygen atoms in total. The van der Waals surface area contributed by atoms with Crippen LogP contribution in [0.1, 0.15) is 32.3 Å². The molecule has 0 saturated carbocycles. The first kappa shape index (κ1) is 16.3. The molecule has 2 N–H and O–H groups in total. The summed E-state index contributed by atoms with van der Waals surface area (Å²) >= 11 is 0. The number of unbranched alkanes of at least 4 members (excludes halogenated alkanes) is 1. The van der Waals surface area contributed by atoms with E-state index in [0.717, 1.165) is 12.8 Å². The molecule has 1 rings (SSSR count). The molecule has 0 aliphatic rings. The highest BCUT2D eigenvalue weighted by Crippen LogP contribution is 2.31. The number of carbonyl (C=O) groups is 1. The molecule has 1 unspecified atom stereocenters. The lowest BCUT2D eigenvalue weighted by Gasteiger charge is -2.18. The molecule has 1 atom stereocenters. The van der Waals surface area contributed by atoms with Crippen LogP contribution in [0.4, 0.5) is 0 Å². The summed E-state index contributed by atoms with van der Waals surface area (Å²) in [6, 6.07) is 5.24. The number of rotatable bonds is 8. The van der Waals surface area contributed by atoms with E-state index in [1.165, 1.54) is 7.11 Å². The number of ether oxygens (including phenoxy) is 2. The van der Waals surface area contributed by atoms with Crippen LogP contribution >= 0.6 is 0 Å². The number of amides is 1. The van der Waals surface area contributed by atoms with Crippen molar-refractivity contribution in [3.63, 3.8) is 0 Å². The predicted molar refractivity (Wildman–Crippen MR) is 76.9 cm³/mol. The highest BCUT2D eigenvalue weighted by molar-refractivity contribution is 5.80. The van der Waals surface area contributed by atoms with Gasteiger partial charge in [-0.05, 0) is 19.4 Å². The van der Waals surface area contributed by atoms with E-state index >= 15 is 0 Å². The predicted octanol–water partition coefficient (Wildman–Crippen LogP) is 1.87. The Morgan fingerprint density at radius 2 is 2.20 bits per heavy atom. The second kappa shape index (κ2) is 8.43. The zero-order valence-electron chi connectivity index (χ0n) is 12.3. The monoisotopic (exact) mass is 281 g/mol. The van der Waals surface area contributed by atoms with Crippen molar-refractivity contribution in [2.24, 2.45) is 0 Å². The molecule has 0 radical (unpaired) electrons. The van der Waals surface area contributed by atoms with E-state index in [2.05, 4.69) is 12.2 Å². The number of hydrogen-bond donors (Lipinski definition) is 2. The Balaban J connectivity index is 2.74. The molecule has 112 valence electrons. The number of benzene rings is 1. The molecule has 1 amide bonds. The van der Waals surface area contributed by atoms with Crippen molar-refractivity contribution in [2.75, 3.05) is 13.7 Å². The van der Waals surface area contributed by atoms with Crippen molar-refractivity contribution in [3.8, 4) is 11.5 Å². The second-order valence-corrected chi connectivity index (χ2v) is 4.51. The summed E-state index contributed by atoms with van der Waals surface area (Å²) in [5.74, 6) is 0.744. The number of nitrogens with one attached hydrogen (secondary N) is 1. The Labute approximate surface area is 119 Å². The number of para-hydroxylation sites is 1. The van der Waals surface area contributed by atoms with Gasteiger partial charge in [0.1, 0.15) is 0 Å². The van der Waals surface area contributed by atoms with Crippen LogP contribution < -0.4 is 14.8 Å². The third kappa shape index (κ3) is 4.42. The SMILES string of the molecule is CCCCNC(=O)C(C)Oc1c(CO)cccc1OC. The van der Waals surface area contributed by atoms with Gasteiger partial charge in [0.05, 0.1) is 13.7 Å². The third-order valence-corrected chi connectivity index (χ3v) is 2.94. The van der Waals surface area contributed by atoms with Gasteiger partial charge in [0.2, 0.25) is 0 Å². The molecule has 1 aromatic carbocycles. The molecule has 1 aromatic rings. The van der Waals surface area contributed by atoms with Crippen molar-refractivity contribution in [1.29, 1.82) is 0 Å². The number of aliphatic hydroxyl groups excluding tert-OH is 1. The first-order chi connectivity index (χ1) is 9.63. The minimum Gasteiger partial charge on any atom is -0.493 e. The van der Waals surface area contributed by atoms with Crippen LogP contribution in [0, 0.1) is 0 Å². The van der Waals surface area contributed by atoms with E-state index in [1.807, 2.05) is 0 Å². The van der Waals surface area contributed by atoms with Gasteiger partial charge < -0.3 is 19.9 Å². The van der Waals surface area contributed by atoms with Gasteiger partial charge in [0.25, 0.3) is 5.91 Å². The molecule has 5 heteroatoms. The summed E-state index contributed by atoms with van der Waals surface area (Å²) in [6.07, 6.45) is 1.32. The van der Waals surface area contributed by atoms with Crippen LogP contribution in [-0.4, -0.2) is 30.8 Å². The molecule has 0 aliphatic heterocycles. The highest BCUT2D eigenvalue weighted by Gasteiger charge is 2.18. The molecule has 0 fully saturated rings. The lowest BCUT2D eigenvalue weighted by atomic mass is 10.2. The van der Waals surface area contributed by atoms with Crippen LogP contribution in [0.3, 0.4) is 0 Å². The topological polar surface area (TPSA) is 67.8 Å². The van der Waals surface area contributed by atoms with Gasteiger partial charge >= 0.3 is 0 Å². The van der Waals surface area contributed by atoms with E-state index in [1.54, 1.807) is 25.1 Å². The van der Waals surface area contributed by atoms with Crippen LogP contribution in [-0.2, 0) is 11.4 Å². The normalized spacial score (nSPS) is 11.8. The Hall–Kier alpha value is -1.75. The molecule has 0 aromatic heterocycles. The summed E-state index contributed by atoms with van der Waals surface area (Å²) < 4.78 is 10.9. The fourth-order valence-electron chi connectivity index (χ4n) is 1.74. The number of aliphatic hydroxyl groups is 1. The molecule has 0 bridgehead atoms. The number of hydrogen-bond acceptors (Lipinski definition) is 4. The van der Waals surface area contributed by atoms with E-state index in [9.17, 15) is 9.90 Å². The maximum absolute atomic E-state index is 11.9. The summed E-state index contributed by atoms with van der Waals surface area (Å²) in [7, 11) is 1.52. The Kier molecular flexibility index (Phi) is 6.87. The molecule has 20 heavy (non-hydrogen) atoms. The van der Waals surface area contributed by atoms with Crippen LogP contribution in [0.2, 0.25) is 0 Å². The van der Waals surface area contributed by atoms with Gasteiger partial charge in [-0.25, -0.2) is 0 Å². The van der Waals surface area contributed by atoms with Crippen molar-refractivity contribution in [1.82, 2.24) is 5.32 Å². The van der Waals surface area contributed by atoms with Gasteiger partial charge in [0.15, 0.2) is 17.6 Å². The van der Waals surface area contributed by atoms with E-state index in [4.69, 9.17) is 9.47 Å². The van der Waals surface area contributed by atoms with Gasteiger partial charge in [-0.2, -0.15) is 0 Å². The largest absolute Gasteiger partial charge is 0.493 e. The number of methoxy groups -OCH3 is 1. The average Bonchev–Trinajstić information content (AvgIpc) is 2.47. The molecule has 0 heterocycles. The zero-order valence-corrected chi connectivity index (χ0v) is 12.3. The van der Waals surface area contributed by atoms with E-state index < -0.39 is 6.10 Å². The zero-order chi connectivity index (χ0) is 15.0. The van der Waals surface area contributed by atoms with Gasteiger partial charge in [-0.15, -0.1) is 0 Å². The Morgan fingerprint density at radius 3 is 2.80 bits per heavy atom. The van der Waals surface area contributed by atoms with Crippen molar-refractivity contribution in [3.05, 3.63) is 23.8 Å². The van der Waals surface area contributed by atoms with Crippen molar-refractivity contribution >= 4 is 5.91 Å². The lowest BCUT2D eigenvalue weighted by molar-refractivity contribution is -0.127. The fraction of sp³-hybridized carbons (Fsp3) is 0.533. The van der Waals surface area contributed by atoms with Gasteiger partial charge in [-0.1, -0.05) is 25.5 Å². The number of carbonyl (C=O) groups excluding carboxylic acids is 1. The Bertz CT molecular complexity index is 412. The second-order valence-electron chi connectivity index (χ2n) is 4.51. The van der Waals surface area contributed by atoms with Crippen molar-refractivity contribution < 1.29 is 19.4 Å². The molecule has 0 saturated heterocycles. The maximum Gasteiger partial charge on any atom is 0.260 e. The van der Waals surface area contributed by atoms with Gasteiger partial charge in [0, 0.05) is 12.1 Å². The summed E-state index contributed by atoms with van der Waals surface area (Å²) in [5.41, 5.74) is 0.595. The smallest absolute Gasteiger partial charge is 0.260 e. The average molecular weight is 281 g/mol. The van der Waals surface area contributed by atoms with E-state index in [0.29, 0.717) is 23.6 Å². The quantitative estimate of drug-likeness (QED) is 0.714. The first-order valence-electron chi connectivity index (χ1n) is 6.85. The lowest BCUT2D eigenvalue weighted by Crippen LogP contribution is -2.37. The third-order valence-electron chi connectivity index (χ3n) is 2.94. The fourth-order valence-corrected chi connectivity index (χ4v) is 1.74. The standard InChI is InChI=1S/C15H23NO4/c1-4-5-9-16-15(18)11(2)20-14-12(10-17)7-6-8-13(14)19-3/h6-8,11,17H,4-5,9-10H2,1-3H3,(H,16,18). The molecular weight excluding hydrogens is 258 g/mol. The maximum atomic E-state index is 11.9. The highest BCUT2D eigenvalue weighted by atomic mass is 16.5. The van der Waals surface area contributed by atoms with Crippen molar-refractivity contribution in [2.45, 2.75) is 39.4 Å². The molecular formula is C15H23NO4. The Morgan fingerprint density at radius 1 is 1.45 bits per heavy atom. The minimum absolute atomic E-state index is 0.170. The molecule has 0 aliphatic carbocycles. The summed E-state index contributed by atoms with van der Waals surface area (Å²) in [6.45, 7) is 4.21. The van der Waals surface area contributed by atoms with Crippen LogP contribution in [0.25, 0.3) is 0 Å². The first-order valence-corrected chi connectivity index (χ1v) is 6.85. The summed E-state index contributed by atoms with van der Waals surface area (Å²) in [4.78, 5) is 11.9. The minimum atomic E-state index is -0.645. The molecule has 0 spiro atoms. The van der Waals surface area contributed by atoms with Crippen LogP contribution in [0.5, 0.6) is 11.5 Å². The van der Waals surface area contributed by atoms with Gasteiger partial charge in [-0.3, -0.25) is 4.79 Å². The van der Waals surface area contributed by atoms with E-state index in [-0.39, 0.29) is 12.5 Å². The summed E-state index contributed by atoms with van der Waals surface area (Å²) in [5, 5.41) is 12.1.